The van der Waals surface area contributed by atoms with E-state index in [9.17, 15) is 0 Å². The van der Waals surface area contributed by atoms with Crippen LogP contribution in [0.25, 0.3) is 0 Å². The third kappa shape index (κ3) is 4.55. The zero-order chi connectivity index (χ0) is 17.6. The van der Waals surface area contributed by atoms with Gasteiger partial charge < -0.3 is 10.2 Å². The summed E-state index contributed by atoms with van der Waals surface area (Å²) in [5.41, 5.74) is 3.81. The van der Waals surface area contributed by atoms with E-state index in [0.29, 0.717) is 6.04 Å². The van der Waals surface area contributed by atoms with Gasteiger partial charge in [-0.2, -0.15) is 0 Å². The first-order chi connectivity index (χ1) is 12.2. The molecule has 1 aliphatic rings. The molecule has 5 nitrogen and oxygen atoms in total. The molecule has 1 atom stereocenters. The first kappa shape index (κ1) is 17.8. The fraction of sp³-hybridized carbons (Fsp3) is 0.500. The lowest BCUT2D eigenvalue weighted by Crippen LogP contribution is -2.35. The first-order valence-corrected chi connectivity index (χ1v) is 9.16. The number of anilines is 1. The quantitative estimate of drug-likeness (QED) is 0.840. The lowest BCUT2D eigenvalue weighted by Gasteiger charge is -2.29. The van der Waals surface area contributed by atoms with Crippen molar-refractivity contribution in [1.29, 1.82) is 0 Å². The van der Waals surface area contributed by atoms with Crippen LogP contribution in [0.15, 0.2) is 36.7 Å². The number of likely N-dealkylation sites (N-methyl/N-ethyl adjacent to an activating group) is 1. The van der Waals surface area contributed by atoms with E-state index < -0.39 is 0 Å². The molecule has 1 aromatic heterocycles. The third-order valence-corrected chi connectivity index (χ3v) is 5.04. The molecule has 1 aromatic carbocycles. The Morgan fingerprint density at radius 2 is 2.00 bits per heavy atom. The summed E-state index contributed by atoms with van der Waals surface area (Å²) in [5.74, 6) is 1.02. The molecule has 0 aliphatic carbocycles. The lowest BCUT2D eigenvalue weighted by atomic mass is 10.0. The maximum atomic E-state index is 4.55. The highest BCUT2D eigenvalue weighted by molar-refractivity contribution is 5.47. The summed E-state index contributed by atoms with van der Waals surface area (Å²) in [6, 6.07) is 11.2. The third-order valence-electron chi connectivity index (χ3n) is 5.04. The molecule has 1 unspecified atom stereocenters. The number of fused-ring (bicyclic) bond motifs is 1. The molecule has 0 radical (unpaired) electrons. The van der Waals surface area contributed by atoms with Crippen LogP contribution in [0.3, 0.4) is 0 Å². The van der Waals surface area contributed by atoms with Crippen molar-refractivity contribution < 1.29 is 0 Å². The molecule has 25 heavy (non-hydrogen) atoms. The van der Waals surface area contributed by atoms with E-state index in [1.54, 1.807) is 6.33 Å². The number of nitrogens with zero attached hydrogens (tertiary/aromatic N) is 4. The van der Waals surface area contributed by atoms with Gasteiger partial charge in [0.15, 0.2) is 0 Å². The minimum atomic E-state index is 0.517. The van der Waals surface area contributed by atoms with E-state index in [-0.39, 0.29) is 0 Å². The summed E-state index contributed by atoms with van der Waals surface area (Å²) in [4.78, 5) is 13.8. The van der Waals surface area contributed by atoms with Crippen molar-refractivity contribution in [2.45, 2.75) is 38.9 Å². The predicted molar refractivity (Wildman–Crippen MR) is 103 cm³/mol. The number of aromatic nitrogens is 2. The average Bonchev–Trinajstić information content (AvgIpc) is 2.62. The molecular formula is C20H29N5. The van der Waals surface area contributed by atoms with Crippen molar-refractivity contribution in [1.82, 2.24) is 19.8 Å². The molecule has 134 valence electrons. The van der Waals surface area contributed by atoms with E-state index in [2.05, 4.69) is 76.4 Å². The van der Waals surface area contributed by atoms with Crippen LogP contribution in [0, 0.1) is 0 Å². The topological polar surface area (TPSA) is 44.3 Å². The minimum Gasteiger partial charge on any atom is -0.368 e. The van der Waals surface area contributed by atoms with E-state index >= 15 is 0 Å². The first-order valence-electron chi connectivity index (χ1n) is 9.16. The van der Waals surface area contributed by atoms with Crippen molar-refractivity contribution in [3.63, 3.8) is 0 Å². The smallest absolute Gasteiger partial charge is 0.132 e. The second-order valence-electron chi connectivity index (χ2n) is 7.00. The van der Waals surface area contributed by atoms with Crippen LogP contribution in [0.4, 0.5) is 5.82 Å². The molecule has 0 bridgehead atoms. The molecule has 2 aromatic rings. The van der Waals surface area contributed by atoms with Crippen LogP contribution in [-0.4, -0.2) is 53.0 Å². The van der Waals surface area contributed by atoms with Crippen LogP contribution >= 0.6 is 0 Å². The molecule has 0 saturated heterocycles. The number of rotatable bonds is 7. The van der Waals surface area contributed by atoms with E-state index in [4.69, 9.17) is 0 Å². The molecule has 0 spiro atoms. The molecule has 5 heteroatoms. The van der Waals surface area contributed by atoms with Crippen molar-refractivity contribution in [3.8, 4) is 0 Å². The number of nitrogens with one attached hydrogen (secondary N) is 1. The maximum absolute atomic E-state index is 4.55. The van der Waals surface area contributed by atoms with Crippen LogP contribution in [-0.2, 0) is 19.5 Å². The van der Waals surface area contributed by atoms with E-state index in [1.165, 1.54) is 11.1 Å². The van der Waals surface area contributed by atoms with Gasteiger partial charge in [0.2, 0.25) is 0 Å². The Morgan fingerprint density at radius 3 is 2.72 bits per heavy atom. The summed E-state index contributed by atoms with van der Waals surface area (Å²) in [6.07, 6.45) is 3.83. The van der Waals surface area contributed by atoms with Crippen molar-refractivity contribution in [2.75, 3.05) is 32.5 Å². The maximum Gasteiger partial charge on any atom is 0.132 e. The molecule has 0 saturated carbocycles. The van der Waals surface area contributed by atoms with E-state index in [0.717, 1.165) is 50.5 Å². The van der Waals surface area contributed by atoms with Gasteiger partial charge in [-0.1, -0.05) is 37.3 Å². The molecule has 0 amide bonds. The van der Waals surface area contributed by atoms with Crippen molar-refractivity contribution in [2.24, 2.45) is 0 Å². The van der Waals surface area contributed by atoms with Crippen LogP contribution < -0.4 is 5.32 Å². The predicted octanol–water partition coefficient (Wildman–Crippen LogP) is 2.79. The van der Waals surface area contributed by atoms with Crippen LogP contribution in [0.1, 0.15) is 30.2 Å². The minimum absolute atomic E-state index is 0.517. The van der Waals surface area contributed by atoms with E-state index in [1.807, 2.05) is 0 Å². The molecule has 3 rings (SSSR count). The fourth-order valence-electron chi connectivity index (χ4n) is 3.44. The van der Waals surface area contributed by atoms with Gasteiger partial charge in [0.1, 0.15) is 12.1 Å². The highest BCUT2D eigenvalue weighted by Crippen LogP contribution is 2.23. The van der Waals surface area contributed by atoms with Gasteiger partial charge in [-0.15, -0.1) is 0 Å². The Balaban J connectivity index is 1.66. The molecule has 0 fully saturated rings. The molecular weight excluding hydrogens is 310 g/mol. The van der Waals surface area contributed by atoms with Gasteiger partial charge in [0, 0.05) is 37.8 Å². The molecule has 1 aliphatic heterocycles. The summed E-state index contributed by atoms with van der Waals surface area (Å²) in [6.45, 7) is 6.07. The highest BCUT2D eigenvalue weighted by Gasteiger charge is 2.21. The highest BCUT2D eigenvalue weighted by atomic mass is 15.2. The zero-order valence-electron chi connectivity index (χ0n) is 15.6. The average molecular weight is 339 g/mol. The van der Waals surface area contributed by atoms with Gasteiger partial charge >= 0.3 is 0 Å². The largest absolute Gasteiger partial charge is 0.368 e. The second-order valence-corrected chi connectivity index (χ2v) is 7.00. The molecule has 2 heterocycles. The van der Waals surface area contributed by atoms with Crippen molar-refractivity contribution in [3.05, 3.63) is 53.5 Å². The summed E-state index contributed by atoms with van der Waals surface area (Å²) < 4.78 is 0. The van der Waals surface area contributed by atoms with Gasteiger partial charge in [0.05, 0.1) is 5.69 Å². The molecule has 1 N–H and O–H groups in total. The Kier molecular flexibility index (Phi) is 6.00. The Morgan fingerprint density at radius 1 is 1.20 bits per heavy atom. The standard InChI is InChI=1S/C20H29N5/c1-4-17(24(2)3)12-21-20-18-10-11-25(14-19(18)22-15-23-20)13-16-8-6-5-7-9-16/h5-9,15,17H,4,10-14H2,1-3H3,(H,21,22,23). The number of hydrogen-bond donors (Lipinski definition) is 1. The van der Waals surface area contributed by atoms with Gasteiger partial charge in [-0.3, -0.25) is 4.90 Å². The Bertz CT molecular complexity index is 671. The van der Waals surface area contributed by atoms with Crippen molar-refractivity contribution >= 4 is 5.82 Å². The second kappa shape index (κ2) is 8.41. The fourth-order valence-corrected chi connectivity index (χ4v) is 3.44. The zero-order valence-corrected chi connectivity index (χ0v) is 15.6. The SMILES string of the molecule is CCC(CNc1ncnc2c1CCN(Cc1ccccc1)C2)N(C)C. The Hall–Kier alpha value is -1.98. The van der Waals surface area contributed by atoms with Gasteiger partial charge in [-0.25, -0.2) is 9.97 Å². The lowest BCUT2D eigenvalue weighted by molar-refractivity contribution is 0.241. The normalized spacial score (nSPS) is 15.8. The number of hydrogen-bond acceptors (Lipinski definition) is 5. The Labute approximate surface area is 151 Å². The summed E-state index contributed by atoms with van der Waals surface area (Å²) >= 11 is 0. The van der Waals surface area contributed by atoms with Gasteiger partial charge in [0.25, 0.3) is 0 Å². The number of benzene rings is 1. The van der Waals surface area contributed by atoms with Crippen LogP contribution in [0.2, 0.25) is 0 Å². The summed E-state index contributed by atoms with van der Waals surface area (Å²) in [7, 11) is 4.26. The van der Waals surface area contributed by atoms with Crippen LogP contribution in [0.5, 0.6) is 0 Å². The van der Waals surface area contributed by atoms with Gasteiger partial charge in [-0.05, 0) is 32.5 Å². The summed E-state index contributed by atoms with van der Waals surface area (Å²) in [5, 5.41) is 3.56. The monoisotopic (exact) mass is 339 g/mol.